The van der Waals surface area contributed by atoms with Gasteiger partial charge in [0.1, 0.15) is 5.82 Å². The summed E-state index contributed by atoms with van der Waals surface area (Å²) in [5, 5.41) is 9.40. The monoisotopic (exact) mass is 288 g/mol. The molecule has 0 aliphatic heterocycles. The molecule has 1 aliphatic rings. The molecular weight excluding hydrogens is 271 g/mol. The molecule has 0 unspecified atom stereocenters. The first-order chi connectivity index (χ1) is 8.88. The number of anilines is 1. The smallest absolute Gasteiger partial charge is 0.241 e. The third-order valence-electron chi connectivity index (χ3n) is 3.50. The van der Waals surface area contributed by atoms with Crippen LogP contribution < -0.4 is 10.5 Å². The van der Waals surface area contributed by atoms with Crippen molar-refractivity contribution < 1.29 is 17.9 Å². The van der Waals surface area contributed by atoms with E-state index in [4.69, 9.17) is 5.73 Å². The Balaban J connectivity index is 2.29. The van der Waals surface area contributed by atoms with Gasteiger partial charge in [0, 0.05) is 0 Å². The van der Waals surface area contributed by atoms with E-state index >= 15 is 0 Å². The lowest BCUT2D eigenvalue weighted by Crippen LogP contribution is -2.49. The van der Waals surface area contributed by atoms with Crippen LogP contribution in [0.4, 0.5) is 10.1 Å². The van der Waals surface area contributed by atoms with E-state index in [2.05, 4.69) is 4.72 Å². The highest BCUT2D eigenvalue weighted by Gasteiger charge is 2.37. The second-order valence-electron chi connectivity index (χ2n) is 4.93. The van der Waals surface area contributed by atoms with E-state index < -0.39 is 21.4 Å². The van der Waals surface area contributed by atoms with Crippen LogP contribution in [0.15, 0.2) is 23.1 Å². The van der Waals surface area contributed by atoms with Gasteiger partial charge in [0.2, 0.25) is 10.0 Å². The number of hydrogen-bond acceptors (Lipinski definition) is 4. The standard InChI is InChI=1S/C12H17FN2O3S/c13-10-7-9(3-4-11(10)14)19(17,18)15-12(8-16)5-1-2-6-12/h3-4,7,15-16H,1-2,5-6,8,14H2. The molecule has 1 fully saturated rings. The maximum absolute atomic E-state index is 13.3. The molecule has 1 aromatic carbocycles. The molecular formula is C12H17FN2O3S. The maximum atomic E-state index is 13.3. The van der Waals surface area contributed by atoms with E-state index in [-0.39, 0.29) is 17.2 Å². The minimum Gasteiger partial charge on any atom is -0.396 e. The highest BCUT2D eigenvalue weighted by atomic mass is 32.2. The number of aliphatic hydroxyl groups excluding tert-OH is 1. The van der Waals surface area contributed by atoms with Crippen molar-refractivity contribution in [2.24, 2.45) is 0 Å². The average molecular weight is 288 g/mol. The minimum absolute atomic E-state index is 0.100. The number of nitrogens with one attached hydrogen (secondary N) is 1. The zero-order valence-electron chi connectivity index (χ0n) is 10.4. The van der Waals surface area contributed by atoms with Gasteiger partial charge >= 0.3 is 0 Å². The van der Waals surface area contributed by atoms with E-state index in [0.29, 0.717) is 12.8 Å². The van der Waals surface area contributed by atoms with Crippen LogP contribution in [0.2, 0.25) is 0 Å². The van der Waals surface area contributed by atoms with Crippen LogP contribution in [0.25, 0.3) is 0 Å². The summed E-state index contributed by atoms with van der Waals surface area (Å²) in [5.41, 5.74) is 4.39. The summed E-state index contributed by atoms with van der Waals surface area (Å²) < 4.78 is 40.2. The Morgan fingerprint density at radius 2 is 2.00 bits per heavy atom. The molecule has 0 saturated heterocycles. The number of nitrogens with two attached hydrogens (primary N) is 1. The second-order valence-corrected chi connectivity index (χ2v) is 6.62. The molecule has 0 aromatic heterocycles. The summed E-state index contributed by atoms with van der Waals surface area (Å²) >= 11 is 0. The number of aliphatic hydroxyl groups is 1. The number of hydrogen-bond donors (Lipinski definition) is 3. The van der Waals surface area contributed by atoms with Crippen molar-refractivity contribution in [2.75, 3.05) is 12.3 Å². The van der Waals surface area contributed by atoms with Gasteiger partial charge in [-0.1, -0.05) is 12.8 Å². The molecule has 5 nitrogen and oxygen atoms in total. The second kappa shape index (κ2) is 5.07. The van der Waals surface area contributed by atoms with Crippen LogP contribution in [0, 0.1) is 5.82 Å². The topological polar surface area (TPSA) is 92.4 Å². The molecule has 106 valence electrons. The largest absolute Gasteiger partial charge is 0.396 e. The first-order valence-corrected chi connectivity index (χ1v) is 7.57. The van der Waals surface area contributed by atoms with E-state index in [9.17, 15) is 17.9 Å². The van der Waals surface area contributed by atoms with Gasteiger partial charge in [-0.2, -0.15) is 0 Å². The van der Waals surface area contributed by atoms with Gasteiger partial charge in [-0.3, -0.25) is 0 Å². The van der Waals surface area contributed by atoms with Crippen molar-refractivity contribution >= 4 is 15.7 Å². The van der Waals surface area contributed by atoms with Crippen molar-refractivity contribution in [3.63, 3.8) is 0 Å². The number of benzene rings is 1. The van der Waals surface area contributed by atoms with E-state index in [0.717, 1.165) is 18.9 Å². The summed E-state index contributed by atoms with van der Waals surface area (Å²) in [6, 6.07) is 3.35. The molecule has 0 amide bonds. The van der Waals surface area contributed by atoms with E-state index in [1.54, 1.807) is 0 Å². The lowest BCUT2D eigenvalue weighted by atomic mass is 10.0. The fourth-order valence-corrected chi connectivity index (χ4v) is 3.83. The van der Waals surface area contributed by atoms with Crippen molar-refractivity contribution in [2.45, 2.75) is 36.1 Å². The Labute approximate surface area is 111 Å². The average Bonchev–Trinajstić information content (AvgIpc) is 2.81. The SMILES string of the molecule is Nc1ccc(S(=O)(=O)NC2(CO)CCCC2)cc1F. The van der Waals surface area contributed by atoms with Crippen LogP contribution in [0.1, 0.15) is 25.7 Å². The van der Waals surface area contributed by atoms with Crippen LogP contribution in [0.5, 0.6) is 0 Å². The lowest BCUT2D eigenvalue weighted by molar-refractivity contribution is 0.185. The molecule has 1 saturated carbocycles. The summed E-state index contributed by atoms with van der Waals surface area (Å²) in [6.07, 6.45) is 2.89. The van der Waals surface area contributed by atoms with Gasteiger partial charge in [-0.05, 0) is 31.0 Å². The molecule has 0 radical (unpaired) electrons. The van der Waals surface area contributed by atoms with Gasteiger partial charge in [-0.25, -0.2) is 17.5 Å². The molecule has 7 heteroatoms. The highest BCUT2D eigenvalue weighted by molar-refractivity contribution is 7.89. The van der Waals surface area contributed by atoms with Gasteiger partial charge in [0.15, 0.2) is 0 Å². The van der Waals surface area contributed by atoms with Gasteiger partial charge in [0.25, 0.3) is 0 Å². The molecule has 19 heavy (non-hydrogen) atoms. The van der Waals surface area contributed by atoms with Gasteiger partial charge in [0.05, 0.1) is 22.7 Å². The molecule has 4 N–H and O–H groups in total. The van der Waals surface area contributed by atoms with E-state index in [1.165, 1.54) is 12.1 Å². The Kier molecular flexibility index (Phi) is 3.80. The Bertz CT molecular complexity index is 568. The molecule has 0 spiro atoms. The summed E-state index contributed by atoms with van der Waals surface area (Å²) in [6.45, 7) is -0.260. The first kappa shape index (κ1) is 14.2. The summed E-state index contributed by atoms with van der Waals surface area (Å²) in [7, 11) is -3.86. The Morgan fingerprint density at radius 3 is 2.53 bits per heavy atom. The van der Waals surface area contributed by atoms with Crippen molar-refractivity contribution in [1.82, 2.24) is 4.72 Å². The summed E-state index contributed by atoms with van der Waals surface area (Å²) in [4.78, 5) is -0.182. The molecule has 1 aliphatic carbocycles. The Hall–Kier alpha value is -1.18. The minimum atomic E-state index is -3.86. The van der Waals surface area contributed by atoms with Crippen molar-refractivity contribution in [3.05, 3.63) is 24.0 Å². The van der Waals surface area contributed by atoms with Crippen LogP contribution in [-0.2, 0) is 10.0 Å². The molecule has 0 heterocycles. The summed E-state index contributed by atoms with van der Waals surface area (Å²) in [5.74, 6) is -0.771. The quantitative estimate of drug-likeness (QED) is 0.720. The number of halogens is 1. The van der Waals surface area contributed by atoms with Crippen LogP contribution in [-0.4, -0.2) is 25.7 Å². The third-order valence-corrected chi connectivity index (χ3v) is 5.07. The van der Waals surface area contributed by atoms with E-state index in [1.807, 2.05) is 0 Å². The third kappa shape index (κ3) is 2.88. The maximum Gasteiger partial charge on any atom is 0.241 e. The zero-order valence-corrected chi connectivity index (χ0v) is 11.2. The lowest BCUT2D eigenvalue weighted by Gasteiger charge is -2.27. The van der Waals surface area contributed by atoms with Crippen molar-refractivity contribution in [1.29, 1.82) is 0 Å². The van der Waals surface area contributed by atoms with Gasteiger partial charge in [-0.15, -0.1) is 0 Å². The van der Waals surface area contributed by atoms with Crippen molar-refractivity contribution in [3.8, 4) is 0 Å². The molecule has 2 rings (SSSR count). The predicted octanol–water partition coefficient (Wildman–Crippen LogP) is 0.991. The molecule has 0 atom stereocenters. The molecule has 0 bridgehead atoms. The zero-order chi connectivity index (χ0) is 14.1. The number of rotatable bonds is 4. The fourth-order valence-electron chi connectivity index (χ4n) is 2.36. The number of nitrogen functional groups attached to an aromatic ring is 1. The normalized spacial score (nSPS) is 18.6. The van der Waals surface area contributed by atoms with Gasteiger partial charge < -0.3 is 10.8 Å². The number of sulfonamides is 1. The van der Waals surface area contributed by atoms with Crippen LogP contribution >= 0.6 is 0 Å². The molecule has 1 aromatic rings. The predicted molar refractivity (Wildman–Crippen MR) is 69.4 cm³/mol. The highest BCUT2D eigenvalue weighted by Crippen LogP contribution is 2.31. The Morgan fingerprint density at radius 1 is 1.37 bits per heavy atom. The fraction of sp³-hybridized carbons (Fsp3) is 0.500. The first-order valence-electron chi connectivity index (χ1n) is 6.08. The van der Waals surface area contributed by atoms with Crippen LogP contribution in [0.3, 0.4) is 0 Å².